The van der Waals surface area contributed by atoms with Crippen molar-refractivity contribution in [1.82, 2.24) is 15.5 Å². The fraction of sp³-hybridized carbons (Fsp3) is 0.619. The van der Waals surface area contributed by atoms with Crippen molar-refractivity contribution in [1.29, 1.82) is 0 Å². The monoisotopic (exact) mass is 421 g/mol. The zero-order valence-electron chi connectivity index (χ0n) is 18.0. The van der Waals surface area contributed by atoms with Crippen LogP contribution in [0.15, 0.2) is 24.4 Å². The van der Waals surface area contributed by atoms with E-state index in [0.717, 1.165) is 12.8 Å². The first-order chi connectivity index (χ1) is 14.0. The van der Waals surface area contributed by atoms with E-state index in [1.807, 2.05) is 13.8 Å². The van der Waals surface area contributed by atoms with E-state index < -0.39 is 17.3 Å². The van der Waals surface area contributed by atoms with E-state index in [0.29, 0.717) is 26.1 Å². The van der Waals surface area contributed by atoms with Crippen LogP contribution >= 0.6 is 0 Å². The number of carbonyl (C=O) groups excluding carboxylic acids is 4. The molecule has 0 aromatic carbocycles. The average Bonchev–Trinajstić information content (AvgIpc) is 2.98. The molecule has 0 saturated carbocycles. The lowest BCUT2D eigenvalue weighted by Gasteiger charge is -2.44. The van der Waals surface area contributed by atoms with E-state index in [1.165, 1.54) is 29.3 Å². The number of unbranched alkanes of at least 4 members (excludes halogenated alkanes) is 2. The van der Waals surface area contributed by atoms with Crippen LogP contribution in [0, 0.1) is 5.41 Å². The Morgan fingerprint density at radius 2 is 1.80 bits per heavy atom. The molecule has 9 nitrogen and oxygen atoms in total. The van der Waals surface area contributed by atoms with Gasteiger partial charge in [0, 0.05) is 42.9 Å². The number of imide groups is 1. The number of hydrogen-bond donors (Lipinski definition) is 2. The van der Waals surface area contributed by atoms with Gasteiger partial charge >= 0.3 is 0 Å². The summed E-state index contributed by atoms with van der Waals surface area (Å²) in [7, 11) is 0. The van der Waals surface area contributed by atoms with Gasteiger partial charge in [-0.2, -0.15) is 0 Å². The molecule has 0 aromatic rings. The van der Waals surface area contributed by atoms with Crippen LogP contribution in [0.3, 0.4) is 0 Å². The summed E-state index contributed by atoms with van der Waals surface area (Å²) in [6.45, 7) is 8.50. The summed E-state index contributed by atoms with van der Waals surface area (Å²) in [5.74, 6) is -2.06. The zero-order chi connectivity index (χ0) is 22.4. The lowest BCUT2D eigenvalue weighted by molar-refractivity contribution is -0.303. The number of nitrogens with zero attached hydrogens (tertiary/aromatic N) is 1. The number of amides is 4. The van der Waals surface area contributed by atoms with Crippen LogP contribution < -0.4 is 10.6 Å². The first kappa shape index (κ1) is 23.8. The lowest BCUT2D eigenvalue weighted by Crippen LogP contribution is -2.55. The average molecular weight is 421 g/mol. The zero-order valence-corrected chi connectivity index (χ0v) is 18.0. The Balaban J connectivity index is 1.62. The van der Waals surface area contributed by atoms with Gasteiger partial charge in [-0.3, -0.25) is 24.1 Å². The van der Waals surface area contributed by atoms with Gasteiger partial charge in [-0.05, 0) is 33.1 Å². The van der Waals surface area contributed by atoms with E-state index in [1.54, 1.807) is 13.8 Å². The minimum atomic E-state index is -0.843. The Labute approximate surface area is 176 Å². The summed E-state index contributed by atoms with van der Waals surface area (Å²) in [5.41, 5.74) is -0.490. The van der Waals surface area contributed by atoms with Crippen molar-refractivity contribution in [3.8, 4) is 0 Å². The molecule has 0 aromatic heterocycles. The molecule has 4 amide bonds. The van der Waals surface area contributed by atoms with Gasteiger partial charge in [-0.15, -0.1) is 0 Å². The minimum Gasteiger partial charge on any atom is -0.353 e. The van der Waals surface area contributed by atoms with Gasteiger partial charge in [-0.1, -0.05) is 13.8 Å². The highest BCUT2D eigenvalue weighted by molar-refractivity contribution is 6.12. The lowest BCUT2D eigenvalue weighted by atomic mass is 9.85. The number of hydrogen-bond acceptors (Lipinski definition) is 6. The number of rotatable bonds is 9. The third-order valence-corrected chi connectivity index (χ3v) is 4.86. The molecule has 1 atom stereocenters. The van der Waals surface area contributed by atoms with Crippen molar-refractivity contribution in [3.63, 3.8) is 0 Å². The van der Waals surface area contributed by atoms with Crippen LogP contribution in [-0.4, -0.2) is 60.1 Å². The molecule has 9 heteroatoms. The summed E-state index contributed by atoms with van der Waals surface area (Å²) in [4.78, 5) is 48.3. The van der Waals surface area contributed by atoms with Gasteiger partial charge in [0.2, 0.25) is 5.91 Å². The van der Waals surface area contributed by atoms with E-state index in [9.17, 15) is 19.2 Å². The molecule has 0 radical (unpaired) electrons. The van der Waals surface area contributed by atoms with Gasteiger partial charge in [0.05, 0.1) is 6.61 Å². The molecule has 2 aliphatic rings. The standard InChI is InChI=1S/C21H31N3O6/c1-20(2)14-29-21(3,4)30-18(20)19(28)23-12-10-15(25)22-11-6-5-7-13-24-16(26)8-9-17(24)27/h8-10,12,18H,5-7,11,13-14H2,1-4H3,(H,22,25)(H,23,28)/b12-10+. The normalized spacial score (nSPS) is 22.5. The summed E-state index contributed by atoms with van der Waals surface area (Å²) in [6, 6.07) is 0. The van der Waals surface area contributed by atoms with Crippen LogP contribution in [-0.2, 0) is 28.7 Å². The van der Waals surface area contributed by atoms with Crippen molar-refractivity contribution in [2.24, 2.45) is 5.41 Å². The van der Waals surface area contributed by atoms with E-state index in [2.05, 4.69) is 10.6 Å². The first-order valence-electron chi connectivity index (χ1n) is 10.1. The van der Waals surface area contributed by atoms with E-state index >= 15 is 0 Å². The largest absolute Gasteiger partial charge is 0.353 e. The molecular weight excluding hydrogens is 390 g/mol. The molecule has 166 valence electrons. The number of carbonyl (C=O) groups is 4. The Hall–Kier alpha value is -2.52. The van der Waals surface area contributed by atoms with Crippen LogP contribution in [0.1, 0.15) is 47.0 Å². The summed E-state index contributed by atoms with van der Waals surface area (Å²) in [5, 5.41) is 5.31. The SMILES string of the molecule is CC1(C)OCC(C)(C)C(C(=O)N/C=C/C(=O)NCCCCCN2C(=O)C=CC2=O)O1. The van der Waals surface area contributed by atoms with Gasteiger partial charge in [0.25, 0.3) is 17.7 Å². The topological polar surface area (TPSA) is 114 Å². The fourth-order valence-corrected chi connectivity index (χ4v) is 3.09. The molecule has 0 bridgehead atoms. The molecule has 30 heavy (non-hydrogen) atoms. The quantitative estimate of drug-likeness (QED) is 0.326. The van der Waals surface area contributed by atoms with Crippen molar-refractivity contribution < 1.29 is 28.7 Å². The molecule has 2 aliphatic heterocycles. The van der Waals surface area contributed by atoms with Gasteiger partial charge < -0.3 is 20.1 Å². The molecule has 2 N–H and O–H groups in total. The number of ether oxygens (including phenoxy) is 2. The second-order valence-electron chi connectivity index (χ2n) is 8.53. The predicted octanol–water partition coefficient (Wildman–Crippen LogP) is 1.01. The first-order valence-corrected chi connectivity index (χ1v) is 10.1. The van der Waals surface area contributed by atoms with Gasteiger partial charge in [-0.25, -0.2) is 0 Å². The maximum Gasteiger partial charge on any atom is 0.253 e. The third kappa shape index (κ3) is 6.77. The molecule has 1 fully saturated rings. The molecule has 2 heterocycles. The molecule has 1 unspecified atom stereocenters. The second-order valence-corrected chi connectivity index (χ2v) is 8.53. The molecular formula is C21H31N3O6. The fourth-order valence-electron chi connectivity index (χ4n) is 3.09. The Kier molecular flexibility index (Phi) is 7.91. The Bertz CT molecular complexity index is 723. The second kappa shape index (κ2) is 9.99. The maximum absolute atomic E-state index is 12.4. The molecule has 2 rings (SSSR count). The van der Waals surface area contributed by atoms with Crippen LogP contribution in [0.4, 0.5) is 0 Å². The highest BCUT2D eigenvalue weighted by Crippen LogP contribution is 2.34. The highest BCUT2D eigenvalue weighted by atomic mass is 16.7. The Morgan fingerprint density at radius 1 is 1.13 bits per heavy atom. The van der Waals surface area contributed by atoms with Gasteiger partial charge in [0.15, 0.2) is 5.79 Å². The summed E-state index contributed by atoms with van der Waals surface area (Å²) in [6.07, 6.45) is 6.56. The van der Waals surface area contributed by atoms with Crippen molar-refractivity contribution in [2.45, 2.75) is 58.8 Å². The molecule has 0 spiro atoms. The van der Waals surface area contributed by atoms with Gasteiger partial charge in [0.1, 0.15) is 6.10 Å². The van der Waals surface area contributed by atoms with Crippen molar-refractivity contribution in [3.05, 3.63) is 24.4 Å². The number of nitrogens with one attached hydrogen (secondary N) is 2. The smallest absolute Gasteiger partial charge is 0.253 e. The van der Waals surface area contributed by atoms with Crippen LogP contribution in [0.5, 0.6) is 0 Å². The van der Waals surface area contributed by atoms with Crippen LogP contribution in [0.25, 0.3) is 0 Å². The van der Waals surface area contributed by atoms with E-state index in [4.69, 9.17) is 9.47 Å². The van der Waals surface area contributed by atoms with Crippen molar-refractivity contribution in [2.75, 3.05) is 19.7 Å². The van der Waals surface area contributed by atoms with Crippen molar-refractivity contribution >= 4 is 23.6 Å². The summed E-state index contributed by atoms with van der Waals surface area (Å²) >= 11 is 0. The molecule has 0 aliphatic carbocycles. The minimum absolute atomic E-state index is 0.279. The maximum atomic E-state index is 12.4. The Morgan fingerprint density at radius 3 is 2.47 bits per heavy atom. The third-order valence-electron chi connectivity index (χ3n) is 4.86. The van der Waals surface area contributed by atoms with E-state index in [-0.39, 0.29) is 23.6 Å². The molecule has 1 saturated heterocycles. The highest BCUT2D eigenvalue weighted by Gasteiger charge is 2.45. The van der Waals surface area contributed by atoms with Crippen LogP contribution in [0.2, 0.25) is 0 Å². The predicted molar refractivity (Wildman–Crippen MR) is 109 cm³/mol. The summed E-state index contributed by atoms with van der Waals surface area (Å²) < 4.78 is 11.3.